The molecule has 0 aliphatic rings. The molecule has 0 amide bonds. The first-order valence-corrected chi connectivity index (χ1v) is 7.57. The summed E-state index contributed by atoms with van der Waals surface area (Å²) in [4.78, 5) is 4.50. The fraction of sp³-hybridized carbons (Fsp3) is 0.353. The van der Waals surface area contributed by atoms with Crippen LogP contribution >= 0.6 is 24.0 Å². The standard InChI is InChI=1S/C17H22FN3O.HI/c1-2-19-17(21-11-9-16-7-4-12-22-16)20-10-8-14-5-3-6-15(18)13-14;/h3-7,12-13H,2,8-11H2,1H3,(H2,19,20,21);1H. The maximum atomic E-state index is 13.1. The van der Waals surface area contributed by atoms with E-state index in [1.807, 2.05) is 25.1 Å². The second-order valence-corrected chi connectivity index (χ2v) is 4.90. The van der Waals surface area contributed by atoms with Gasteiger partial charge in [-0.3, -0.25) is 4.99 Å². The van der Waals surface area contributed by atoms with E-state index in [-0.39, 0.29) is 29.8 Å². The zero-order chi connectivity index (χ0) is 15.6. The lowest BCUT2D eigenvalue weighted by Gasteiger charge is -2.11. The molecule has 6 heteroatoms. The van der Waals surface area contributed by atoms with Crippen molar-refractivity contribution in [2.24, 2.45) is 4.99 Å². The maximum Gasteiger partial charge on any atom is 0.191 e. The Labute approximate surface area is 153 Å². The van der Waals surface area contributed by atoms with Crippen LogP contribution in [0.1, 0.15) is 18.2 Å². The fourth-order valence-corrected chi connectivity index (χ4v) is 2.09. The van der Waals surface area contributed by atoms with E-state index in [1.54, 1.807) is 18.4 Å². The molecule has 0 saturated carbocycles. The van der Waals surface area contributed by atoms with E-state index in [0.29, 0.717) is 13.1 Å². The van der Waals surface area contributed by atoms with E-state index < -0.39 is 0 Å². The Bertz CT molecular complexity index is 587. The van der Waals surface area contributed by atoms with Crippen LogP contribution in [0.25, 0.3) is 0 Å². The molecule has 0 spiro atoms. The van der Waals surface area contributed by atoms with Gasteiger partial charge in [-0.05, 0) is 43.2 Å². The molecule has 126 valence electrons. The van der Waals surface area contributed by atoms with Gasteiger partial charge in [0.2, 0.25) is 0 Å². The Kier molecular flexibility index (Phi) is 9.35. The average Bonchev–Trinajstić information content (AvgIpc) is 3.01. The van der Waals surface area contributed by atoms with Crippen molar-refractivity contribution in [3.8, 4) is 0 Å². The first kappa shape index (κ1) is 19.5. The van der Waals surface area contributed by atoms with Crippen LogP contribution in [-0.2, 0) is 12.8 Å². The number of nitrogens with zero attached hydrogens (tertiary/aromatic N) is 1. The van der Waals surface area contributed by atoms with Gasteiger partial charge in [0.15, 0.2) is 5.96 Å². The molecule has 0 fully saturated rings. The number of nitrogens with one attached hydrogen (secondary N) is 2. The topological polar surface area (TPSA) is 49.6 Å². The largest absolute Gasteiger partial charge is 0.469 e. The second kappa shape index (κ2) is 11.0. The number of hydrogen-bond donors (Lipinski definition) is 2. The van der Waals surface area contributed by atoms with Gasteiger partial charge >= 0.3 is 0 Å². The Morgan fingerprint density at radius 2 is 2.04 bits per heavy atom. The van der Waals surface area contributed by atoms with Crippen LogP contribution in [-0.4, -0.2) is 25.6 Å². The van der Waals surface area contributed by atoms with Crippen LogP contribution in [0, 0.1) is 5.82 Å². The molecular weight excluding hydrogens is 408 g/mol. The van der Waals surface area contributed by atoms with Gasteiger partial charge in [0, 0.05) is 26.1 Å². The lowest BCUT2D eigenvalue weighted by molar-refractivity contribution is 0.510. The summed E-state index contributed by atoms with van der Waals surface area (Å²) in [5.74, 6) is 1.50. The summed E-state index contributed by atoms with van der Waals surface area (Å²) in [6, 6.07) is 10.5. The van der Waals surface area contributed by atoms with E-state index in [1.165, 1.54) is 6.07 Å². The SMILES string of the molecule is CCNC(=NCCc1ccco1)NCCc1cccc(F)c1.I. The van der Waals surface area contributed by atoms with Gasteiger partial charge in [-0.2, -0.15) is 0 Å². The minimum Gasteiger partial charge on any atom is -0.469 e. The Morgan fingerprint density at radius 1 is 1.17 bits per heavy atom. The summed E-state index contributed by atoms with van der Waals surface area (Å²) in [6.07, 6.45) is 3.19. The minimum atomic E-state index is -0.198. The molecule has 2 aromatic rings. The summed E-state index contributed by atoms with van der Waals surface area (Å²) >= 11 is 0. The summed E-state index contributed by atoms with van der Waals surface area (Å²) in [7, 11) is 0. The number of rotatable bonds is 7. The highest BCUT2D eigenvalue weighted by molar-refractivity contribution is 14.0. The quantitative estimate of drug-likeness (QED) is 0.402. The van der Waals surface area contributed by atoms with E-state index in [0.717, 1.165) is 36.7 Å². The lowest BCUT2D eigenvalue weighted by Crippen LogP contribution is -2.38. The normalized spacial score (nSPS) is 11.0. The third-order valence-corrected chi connectivity index (χ3v) is 3.15. The summed E-state index contributed by atoms with van der Waals surface area (Å²) in [5.41, 5.74) is 0.971. The molecule has 1 aromatic heterocycles. The minimum absolute atomic E-state index is 0. The number of aliphatic imine (C=N–C) groups is 1. The van der Waals surface area contributed by atoms with Gasteiger partial charge in [0.05, 0.1) is 6.26 Å². The first-order valence-electron chi connectivity index (χ1n) is 7.57. The van der Waals surface area contributed by atoms with Gasteiger partial charge in [-0.1, -0.05) is 12.1 Å². The molecule has 4 nitrogen and oxygen atoms in total. The van der Waals surface area contributed by atoms with Gasteiger partial charge in [-0.15, -0.1) is 24.0 Å². The zero-order valence-corrected chi connectivity index (χ0v) is 15.5. The zero-order valence-electron chi connectivity index (χ0n) is 13.2. The highest BCUT2D eigenvalue weighted by Crippen LogP contribution is 2.03. The van der Waals surface area contributed by atoms with Gasteiger partial charge < -0.3 is 15.1 Å². The second-order valence-electron chi connectivity index (χ2n) is 4.90. The van der Waals surface area contributed by atoms with E-state index in [2.05, 4.69) is 15.6 Å². The third kappa shape index (κ3) is 7.49. The van der Waals surface area contributed by atoms with Crippen molar-refractivity contribution >= 4 is 29.9 Å². The Morgan fingerprint density at radius 3 is 2.74 bits per heavy atom. The van der Waals surface area contributed by atoms with E-state index in [9.17, 15) is 4.39 Å². The summed E-state index contributed by atoms with van der Waals surface area (Å²) < 4.78 is 18.4. The van der Waals surface area contributed by atoms with Crippen LogP contribution in [0.5, 0.6) is 0 Å². The summed E-state index contributed by atoms with van der Waals surface area (Å²) in [6.45, 7) is 4.18. The number of hydrogen-bond acceptors (Lipinski definition) is 2. The van der Waals surface area contributed by atoms with Crippen molar-refractivity contribution in [2.45, 2.75) is 19.8 Å². The molecule has 23 heavy (non-hydrogen) atoms. The Balaban J connectivity index is 0.00000264. The summed E-state index contributed by atoms with van der Waals surface area (Å²) in [5, 5.41) is 6.45. The number of halogens is 2. The van der Waals surface area contributed by atoms with Gasteiger partial charge in [-0.25, -0.2) is 4.39 Å². The van der Waals surface area contributed by atoms with E-state index >= 15 is 0 Å². The van der Waals surface area contributed by atoms with Crippen molar-refractivity contribution in [3.05, 3.63) is 59.8 Å². The van der Waals surface area contributed by atoms with Crippen LogP contribution in [0.2, 0.25) is 0 Å². The number of benzene rings is 1. The highest BCUT2D eigenvalue weighted by atomic mass is 127. The third-order valence-electron chi connectivity index (χ3n) is 3.15. The molecule has 0 aliphatic carbocycles. The molecule has 2 N–H and O–H groups in total. The molecule has 2 rings (SSSR count). The van der Waals surface area contributed by atoms with Crippen molar-refractivity contribution in [2.75, 3.05) is 19.6 Å². The molecule has 0 aliphatic heterocycles. The molecule has 0 atom stereocenters. The van der Waals surface area contributed by atoms with Crippen molar-refractivity contribution in [1.29, 1.82) is 0 Å². The van der Waals surface area contributed by atoms with Crippen molar-refractivity contribution in [1.82, 2.24) is 10.6 Å². The highest BCUT2D eigenvalue weighted by Gasteiger charge is 2.00. The van der Waals surface area contributed by atoms with Crippen LogP contribution < -0.4 is 10.6 Å². The molecule has 1 heterocycles. The number of furan rings is 1. The molecular formula is C17H23FIN3O. The average molecular weight is 431 g/mol. The van der Waals surface area contributed by atoms with Crippen molar-refractivity contribution in [3.63, 3.8) is 0 Å². The molecule has 0 unspecified atom stereocenters. The molecule has 1 aromatic carbocycles. The van der Waals surface area contributed by atoms with Crippen LogP contribution in [0.15, 0.2) is 52.1 Å². The number of guanidine groups is 1. The van der Waals surface area contributed by atoms with E-state index in [4.69, 9.17) is 4.42 Å². The lowest BCUT2D eigenvalue weighted by atomic mass is 10.1. The van der Waals surface area contributed by atoms with Gasteiger partial charge in [0.1, 0.15) is 11.6 Å². The van der Waals surface area contributed by atoms with Crippen LogP contribution in [0.4, 0.5) is 4.39 Å². The monoisotopic (exact) mass is 431 g/mol. The van der Waals surface area contributed by atoms with Crippen molar-refractivity contribution < 1.29 is 8.81 Å². The predicted molar refractivity (Wildman–Crippen MR) is 102 cm³/mol. The predicted octanol–water partition coefficient (Wildman–Crippen LogP) is 3.38. The fourth-order valence-electron chi connectivity index (χ4n) is 2.09. The Hall–Kier alpha value is -1.57. The van der Waals surface area contributed by atoms with Crippen LogP contribution in [0.3, 0.4) is 0 Å². The molecule has 0 saturated heterocycles. The van der Waals surface area contributed by atoms with Gasteiger partial charge in [0.25, 0.3) is 0 Å². The molecule has 0 bridgehead atoms. The smallest absolute Gasteiger partial charge is 0.191 e. The molecule has 0 radical (unpaired) electrons. The maximum absolute atomic E-state index is 13.1. The first-order chi connectivity index (χ1) is 10.8.